The number of carbonyl (C=O) groups is 2. The van der Waals surface area contributed by atoms with Crippen molar-refractivity contribution in [1.82, 2.24) is 19.3 Å². The molecule has 1 saturated heterocycles. The van der Waals surface area contributed by atoms with Gasteiger partial charge in [-0.3, -0.25) is 19.0 Å². The molecule has 1 fully saturated rings. The molecule has 0 unspecified atom stereocenters. The zero-order valence-corrected chi connectivity index (χ0v) is 17.2. The molecule has 0 bridgehead atoms. The number of likely N-dealkylation sites (N-methyl/N-ethyl adjacent to an activating group) is 1. The van der Waals surface area contributed by atoms with Crippen LogP contribution in [0.5, 0.6) is 0 Å². The maximum atomic E-state index is 13.1. The number of imidazole rings is 1. The lowest BCUT2D eigenvalue weighted by Gasteiger charge is -2.25. The highest BCUT2D eigenvalue weighted by molar-refractivity contribution is 6.46. The molecule has 8 heteroatoms. The quantitative estimate of drug-likeness (QED) is 0.368. The zero-order valence-electron chi connectivity index (χ0n) is 17.2. The lowest BCUT2D eigenvalue weighted by molar-refractivity contribution is -0.857. The van der Waals surface area contributed by atoms with Gasteiger partial charge in [-0.05, 0) is 30.7 Å². The zero-order chi connectivity index (χ0) is 21.4. The number of aromatic nitrogens is 3. The van der Waals surface area contributed by atoms with Crippen molar-refractivity contribution in [2.24, 2.45) is 0 Å². The molecule has 0 saturated carbocycles. The number of rotatable bonds is 5. The molecule has 4 rings (SSSR count). The number of ketones is 1. The van der Waals surface area contributed by atoms with Crippen molar-refractivity contribution in [3.05, 3.63) is 71.4 Å². The Balaban J connectivity index is 1.92. The number of pyridine rings is 2. The van der Waals surface area contributed by atoms with Gasteiger partial charge < -0.3 is 14.9 Å². The number of carbonyl (C=O) groups excluding carboxylic acids is 2. The van der Waals surface area contributed by atoms with Gasteiger partial charge in [-0.2, -0.15) is 0 Å². The highest BCUT2D eigenvalue weighted by Crippen LogP contribution is 2.39. The van der Waals surface area contributed by atoms with Crippen LogP contribution in [0.2, 0.25) is 0 Å². The lowest BCUT2D eigenvalue weighted by atomic mass is 9.97. The fraction of sp³-hybridized carbons (Fsp3) is 0.273. The Bertz CT molecular complexity index is 1150. The Morgan fingerprint density at radius 1 is 1.20 bits per heavy atom. The number of hydrogen-bond acceptors (Lipinski definition) is 5. The molecule has 3 aromatic heterocycles. The van der Waals surface area contributed by atoms with Crippen molar-refractivity contribution in [2.45, 2.75) is 13.0 Å². The van der Waals surface area contributed by atoms with Gasteiger partial charge >= 0.3 is 0 Å². The third-order valence-electron chi connectivity index (χ3n) is 5.32. The van der Waals surface area contributed by atoms with E-state index in [4.69, 9.17) is 0 Å². The second-order valence-electron chi connectivity index (χ2n) is 7.71. The van der Waals surface area contributed by atoms with Crippen LogP contribution in [-0.2, 0) is 9.59 Å². The van der Waals surface area contributed by atoms with Crippen LogP contribution in [0.25, 0.3) is 11.4 Å². The fourth-order valence-corrected chi connectivity index (χ4v) is 3.87. The van der Waals surface area contributed by atoms with Crippen molar-refractivity contribution in [3.8, 4) is 0 Å². The number of nitrogens with zero attached hydrogens (tertiary/aromatic N) is 4. The topological polar surface area (TPSA) is 92.2 Å². The number of Topliss-reactive ketones (excluding diaryl/α,β-unsaturated/α-hetero) is 1. The first-order chi connectivity index (χ1) is 14.4. The fourth-order valence-electron chi connectivity index (χ4n) is 3.87. The Morgan fingerprint density at radius 3 is 2.70 bits per heavy atom. The van der Waals surface area contributed by atoms with Crippen molar-refractivity contribution >= 4 is 23.1 Å². The number of fused-ring (bicyclic) bond motifs is 1. The van der Waals surface area contributed by atoms with Crippen molar-refractivity contribution < 1.29 is 19.6 Å². The first-order valence-electron chi connectivity index (χ1n) is 9.81. The molecule has 1 amide bonds. The summed E-state index contributed by atoms with van der Waals surface area (Å²) in [5.74, 6) is -1.53. The van der Waals surface area contributed by atoms with Crippen molar-refractivity contribution in [3.63, 3.8) is 0 Å². The maximum absolute atomic E-state index is 13.1. The maximum Gasteiger partial charge on any atom is 0.295 e. The predicted molar refractivity (Wildman–Crippen MR) is 111 cm³/mol. The summed E-state index contributed by atoms with van der Waals surface area (Å²) in [6, 6.07) is 8.36. The van der Waals surface area contributed by atoms with E-state index in [1.807, 2.05) is 38.4 Å². The van der Waals surface area contributed by atoms with Gasteiger partial charge in [0.05, 0.1) is 44.5 Å². The highest BCUT2D eigenvalue weighted by atomic mass is 16.3. The minimum atomic E-state index is -0.702. The Hall–Kier alpha value is -3.52. The van der Waals surface area contributed by atoms with E-state index in [1.54, 1.807) is 36.0 Å². The number of likely N-dealkylation sites (tertiary alicyclic amines) is 1. The van der Waals surface area contributed by atoms with Gasteiger partial charge in [-0.25, -0.2) is 4.98 Å². The van der Waals surface area contributed by atoms with E-state index in [0.717, 1.165) is 4.90 Å². The van der Waals surface area contributed by atoms with E-state index < -0.39 is 17.7 Å². The van der Waals surface area contributed by atoms with Crippen molar-refractivity contribution in [1.29, 1.82) is 0 Å². The van der Waals surface area contributed by atoms with Crippen LogP contribution in [0.15, 0.2) is 54.5 Å². The van der Waals surface area contributed by atoms with Gasteiger partial charge in [0.1, 0.15) is 11.3 Å². The summed E-state index contributed by atoms with van der Waals surface area (Å²) in [5, 5.41) is 11.3. The molecule has 0 spiro atoms. The Kier molecular flexibility index (Phi) is 5.09. The summed E-state index contributed by atoms with van der Waals surface area (Å²) in [6.07, 6.45) is 5.03. The Labute approximate surface area is 174 Å². The first kappa shape index (κ1) is 19.8. The van der Waals surface area contributed by atoms with Crippen LogP contribution < -0.4 is 4.90 Å². The largest absolute Gasteiger partial charge is 0.505 e. The summed E-state index contributed by atoms with van der Waals surface area (Å²) in [6.45, 7) is 2.82. The van der Waals surface area contributed by atoms with Gasteiger partial charge in [0, 0.05) is 18.6 Å². The molecule has 0 aromatic carbocycles. The molecule has 154 valence electrons. The van der Waals surface area contributed by atoms with Crippen LogP contribution in [0.1, 0.15) is 23.0 Å². The van der Waals surface area contributed by atoms with Crippen LogP contribution in [0.4, 0.5) is 0 Å². The number of aryl methyl sites for hydroxylation is 1. The molecule has 2 N–H and O–H groups in total. The number of aliphatic hydroxyl groups excluding tert-OH is 1. The number of nitrogens with one attached hydrogen (secondary N) is 1. The molecule has 4 heterocycles. The average molecular weight is 406 g/mol. The molecule has 1 atom stereocenters. The van der Waals surface area contributed by atoms with E-state index in [0.29, 0.717) is 35.7 Å². The van der Waals surface area contributed by atoms with Gasteiger partial charge in [0.25, 0.3) is 11.7 Å². The summed E-state index contributed by atoms with van der Waals surface area (Å²) in [4.78, 5) is 37.3. The van der Waals surface area contributed by atoms with Crippen LogP contribution in [0, 0.1) is 6.92 Å². The number of quaternary nitrogens is 1. The van der Waals surface area contributed by atoms with E-state index >= 15 is 0 Å². The molecule has 1 aliphatic heterocycles. The highest BCUT2D eigenvalue weighted by Gasteiger charge is 2.46. The Morgan fingerprint density at radius 2 is 2.00 bits per heavy atom. The van der Waals surface area contributed by atoms with E-state index in [1.165, 1.54) is 4.90 Å². The normalized spacial score (nSPS) is 18.7. The second kappa shape index (κ2) is 7.72. The molecule has 30 heavy (non-hydrogen) atoms. The van der Waals surface area contributed by atoms with Crippen molar-refractivity contribution in [2.75, 3.05) is 27.2 Å². The lowest BCUT2D eigenvalue weighted by Crippen LogP contribution is -3.06. The molecule has 0 radical (unpaired) electrons. The minimum absolute atomic E-state index is 0.0653. The minimum Gasteiger partial charge on any atom is -0.505 e. The first-order valence-corrected chi connectivity index (χ1v) is 9.81. The van der Waals surface area contributed by atoms with Crippen LogP contribution >= 0.6 is 0 Å². The molecule has 8 nitrogen and oxygen atoms in total. The van der Waals surface area contributed by atoms with Gasteiger partial charge in [0.15, 0.2) is 5.76 Å². The number of aliphatic hydroxyl groups is 1. The van der Waals surface area contributed by atoms with Crippen LogP contribution in [0.3, 0.4) is 0 Å². The smallest absolute Gasteiger partial charge is 0.295 e. The summed E-state index contributed by atoms with van der Waals surface area (Å²) in [5.41, 5.74) is 2.39. The second-order valence-corrected chi connectivity index (χ2v) is 7.71. The van der Waals surface area contributed by atoms with Gasteiger partial charge in [-0.1, -0.05) is 12.1 Å². The third-order valence-corrected chi connectivity index (χ3v) is 5.32. The number of hydrogen-bond donors (Lipinski definition) is 2. The summed E-state index contributed by atoms with van der Waals surface area (Å²) >= 11 is 0. The molecule has 0 aliphatic carbocycles. The SMILES string of the molecule is Cc1nc2ccccn2c1/C(O)=C1\C(=O)C(=O)N(CC[NH+](C)C)[C@@H]1c1cccnc1. The molecule has 3 aromatic rings. The summed E-state index contributed by atoms with van der Waals surface area (Å²) < 4.78 is 1.72. The standard InChI is InChI=1S/C22H23N5O3/c1-14-18(26-10-5-4-8-16(26)24-14)20(28)17-19(15-7-6-9-23-13-15)27(12-11-25(2)3)22(30)21(17)29/h4-10,13,19,28H,11-12H2,1-3H3/p+1/b20-17+/t19-/m1/s1. The van der Waals surface area contributed by atoms with E-state index in [9.17, 15) is 14.7 Å². The van der Waals surface area contributed by atoms with Gasteiger partial charge in [-0.15, -0.1) is 0 Å². The number of amides is 1. The third kappa shape index (κ3) is 3.25. The van der Waals surface area contributed by atoms with E-state index in [-0.39, 0.29) is 11.3 Å². The summed E-state index contributed by atoms with van der Waals surface area (Å²) in [7, 11) is 3.97. The predicted octanol–water partition coefficient (Wildman–Crippen LogP) is 0.604. The van der Waals surface area contributed by atoms with Gasteiger partial charge in [0.2, 0.25) is 0 Å². The molecule has 1 aliphatic rings. The molecular weight excluding hydrogens is 382 g/mol. The van der Waals surface area contributed by atoms with Crippen LogP contribution in [-0.4, -0.2) is 63.3 Å². The molecular formula is C22H24N5O3+. The average Bonchev–Trinajstić information content (AvgIpc) is 3.20. The van der Waals surface area contributed by atoms with E-state index in [2.05, 4.69) is 9.97 Å². The monoisotopic (exact) mass is 406 g/mol.